The highest BCUT2D eigenvalue weighted by molar-refractivity contribution is 5.99. The molecule has 4 rings (SSSR count). The average Bonchev–Trinajstić information content (AvgIpc) is 3.06. The van der Waals surface area contributed by atoms with E-state index in [1.807, 2.05) is 0 Å². The largest absolute Gasteiger partial charge is 0.421 e. The fraction of sp³-hybridized carbons (Fsp3) is 0.421. The highest BCUT2D eigenvalue weighted by Gasteiger charge is 2.35. The van der Waals surface area contributed by atoms with Crippen LogP contribution >= 0.6 is 0 Å². The second-order valence-electron chi connectivity index (χ2n) is 7.11. The fourth-order valence-corrected chi connectivity index (χ4v) is 3.41. The van der Waals surface area contributed by atoms with Gasteiger partial charge in [0, 0.05) is 37.3 Å². The molecule has 1 fully saturated rings. The molecule has 0 radical (unpaired) electrons. The average molecular weight is 407 g/mol. The highest BCUT2D eigenvalue weighted by atomic mass is 19.4. The van der Waals surface area contributed by atoms with Gasteiger partial charge in [0.25, 0.3) is 0 Å². The Morgan fingerprint density at radius 3 is 2.79 bits per heavy atom. The number of ether oxygens (including phenoxy) is 1. The van der Waals surface area contributed by atoms with Gasteiger partial charge in [0.05, 0.1) is 6.42 Å². The van der Waals surface area contributed by atoms with Crippen LogP contribution in [0.1, 0.15) is 24.0 Å². The maximum absolute atomic E-state index is 13.4. The van der Waals surface area contributed by atoms with Crippen molar-refractivity contribution in [2.24, 2.45) is 5.92 Å². The zero-order valence-corrected chi connectivity index (χ0v) is 15.5. The van der Waals surface area contributed by atoms with E-state index in [2.05, 4.69) is 25.9 Å². The van der Waals surface area contributed by atoms with Crippen molar-refractivity contribution in [3.63, 3.8) is 0 Å². The lowest BCUT2D eigenvalue weighted by Gasteiger charge is -2.23. The molecule has 1 aromatic carbocycles. The third kappa shape index (κ3) is 4.58. The molecule has 0 bridgehead atoms. The Kier molecular flexibility index (Phi) is 5.27. The van der Waals surface area contributed by atoms with Crippen molar-refractivity contribution in [3.8, 4) is 0 Å². The smallest absolute Gasteiger partial charge is 0.381 e. The van der Waals surface area contributed by atoms with Gasteiger partial charge in [0.2, 0.25) is 11.9 Å². The summed E-state index contributed by atoms with van der Waals surface area (Å²) in [5, 5.41) is 8.49. The molecule has 2 aliphatic heterocycles. The number of halogens is 3. The molecule has 10 heteroatoms. The van der Waals surface area contributed by atoms with Gasteiger partial charge in [-0.2, -0.15) is 18.2 Å². The van der Waals surface area contributed by atoms with Crippen molar-refractivity contribution in [3.05, 3.63) is 35.5 Å². The van der Waals surface area contributed by atoms with Crippen LogP contribution in [0.3, 0.4) is 0 Å². The van der Waals surface area contributed by atoms with E-state index in [4.69, 9.17) is 4.74 Å². The SMILES string of the molecule is O=C1Cc2cc(Nc3ncc(C(F)(F)F)c(NCC4CCOCC4)n3)ccc2N1. The quantitative estimate of drug-likeness (QED) is 0.702. The molecule has 0 unspecified atom stereocenters. The predicted octanol–water partition coefficient (Wildman–Crippen LogP) is 3.57. The van der Waals surface area contributed by atoms with Crippen molar-refractivity contribution in [1.82, 2.24) is 9.97 Å². The molecule has 1 amide bonds. The van der Waals surface area contributed by atoms with Crippen LogP contribution in [0, 0.1) is 5.92 Å². The topological polar surface area (TPSA) is 88.2 Å². The maximum atomic E-state index is 13.4. The van der Waals surface area contributed by atoms with Gasteiger partial charge >= 0.3 is 6.18 Å². The minimum atomic E-state index is -4.56. The van der Waals surface area contributed by atoms with Crippen molar-refractivity contribution in [2.75, 3.05) is 35.7 Å². The number of rotatable bonds is 5. The third-order valence-electron chi connectivity index (χ3n) is 4.98. The van der Waals surface area contributed by atoms with Crippen LogP contribution in [0.5, 0.6) is 0 Å². The van der Waals surface area contributed by atoms with E-state index in [9.17, 15) is 18.0 Å². The molecule has 0 saturated carbocycles. The van der Waals surface area contributed by atoms with Gasteiger partial charge in [-0.1, -0.05) is 0 Å². The van der Waals surface area contributed by atoms with Gasteiger partial charge in [-0.25, -0.2) is 4.98 Å². The summed E-state index contributed by atoms with van der Waals surface area (Å²) in [6.07, 6.45) is -1.92. The first kappa shape index (κ1) is 19.4. The Bertz CT molecular complexity index is 913. The summed E-state index contributed by atoms with van der Waals surface area (Å²) in [6, 6.07) is 5.20. The normalized spacial score (nSPS) is 17.0. The first-order chi connectivity index (χ1) is 13.9. The molecule has 1 saturated heterocycles. The van der Waals surface area contributed by atoms with E-state index >= 15 is 0 Å². The molecule has 0 spiro atoms. The summed E-state index contributed by atoms with van der Waals surface area (Å²) in [5.41, 5.74) is 1.23. The van der Waals surface area contributed by atoms with Gasteiger partial charge in [-0.05, 0) is 42.5 Å². The van der Waals surface area contributed by atoms with Crippen LogP contribution in [0.25, 0.3) is 0 Å². The molecule has 1 aromatic heterocycles. The molecular weight excluding hydrogens is 387 g/mol. The van der Waals surface area contributed by atoms with Crippen LogP contribution < -0.4 is 16.0 Å². The number of hydrogen-bond acceptors (Lipinski definition) is 6. The molecule has 2 aromatic rings. The van der Waals surface area contributed by atoms with Crippen LogP contribution in [-0.4, -0.2) is 35.6 Å². The first-order valence-electron chi connectivity index (χ1n) is 9.34. The van der Waals surface area contributed by atoms with E-state index in [0.717, 1.165) is 30.3 Å². The second-order valence-corrected chi connectivity index (χ2v) is 7.11. The van der Waals surface area contributed by atoms with Gasteiger partial charge in [0.1, 0.15) is 11.4 Å². The zero-order chi connectivity index (χ0) is 20.4. The Morgan fingerprint density at radius 1 is 1.24 bits per heavy atom. The summed E-state index contributed by atoms with van der Waals surface area (Å²) in [6.45, 7) is 1.62. The van der Waals surface area contributed by atoms with E-state index in [1.54, 1.807) is 18.2 Å². The number of alkyl halides is 3. The predicted molar refractivity (Wildman–Crippen MR) is 101 cm³/mol. The van der Waals surface area contributed by atoms with Crippen LogP contribution in [0.4, 0.5) is 36.3 Å². The van der Waals surface area contributed by atoms with Gasteiger partial charge in [-0.3, -0.25) is 4.79 Å². The van der Waals surface area contributed by atoms with Crippen LogP contribution in [0.15, 0.2) is 24.4 Å². The summed E-state index contributed by atoms with van der Waals surface area (Å²) < 4.78 is 45.4. The number of carbonyl (C=O) groups excluding carboxylic acids is 1. The molecule has 7 nitrogen and oxygen atoms in total. The van der Waals surface area contributed by atoms with Gasteiger partial charge in [-0.15, -0.1) is 0 Å². The Hall–Kier alpha value is -2.88. The first-order valence-corrected chi connectivity index (χ1v) is 9.34. The Morgan fingerprint density at radius 2 is 2.03 bits per heavy atom. The number of aromatic nitrogens is 2. The molecule has 29 heavy (non-hydrogen) atoms. The summed E-state index contributed by atoms with van der Waals surface area (Å²) in [7, 11) is 0. The molecule has 3 heterocycles. The number of hydrogen-bond donors (Lipinski definition) is 3. The monoisotopic (exact) mass is 407 g/mol. The number of amides is 1. The summed E-state index contributed by atoms with van der Waals surface area (Å²) >= 11 is 0. The summed E-state index contributed by atoms with van der Waals surface area (Å²) in [5.74, 6) is -0.0651. The summed E-state index contributed by atoms with van der Waals surface area (Å²) in [4.78, 5) is 19.3. The zero-order valence-electron chi connectivity index (χ0n) is 15.5. The lowest BCUT2D eigenvalue weighted by Crippen LogP contribution is -2.24. The standard InChI is InChI=1S/C19H20F3N5O2/c20-19(21,22)14-10-24-18(27-17(14)23-9-11-3-5-29-6-4-11)25-13-1-2-15-12(7-13)8-16(28)26-15/h1-2,7,10-11H,3-6,8-9H2,(H,26,28)(H2,23,24,25,27). The molecular formula is C19H20F3N5O2. The van der Waals surface area contributed by atoms with E-state index < -0.39 is 11.7 Å². The Labute approximate surface area is 165 Å². The molecule has 3 N–H and O–H groups in total. The number of nitrogens with one attached hydrogen (secondary N) is 3. The van der Waals surface area contributed by atoms with E-state index in [0.29, 0.717) is 25.4 Å². The number of anilines is 4. The maximum Gasteiger partial charge on any atom is 0.421 e. The van der Waals surface area contributed by atoms with Crippen molar-refractivity contribution >= 4 is 29.0 Å². The van der Waals surface area contributed by atoms with Crippen LogP contribution in [-0.2, 0) is 22.1 Å². The van der Waals surface area contributed by atoms with Crippen molar-refractivity contribution in [2.45, 2.75) is 25.4 Å². The number of nitrogens with zero attached hydrogens (tertiary/aromatic N) is 2. The third-order valence-corrected chi connectivity index (χ3v) is 4.98. The van der Waals surface area contributed by atoms with Crippen LogP contribution in [0.2, 0.25) is 0 Å². The minimum Gasteiger partial charge on any atom is -0.381 e. The highest BCUT2D eigenvalue weighted by Crippen LogP contribution is 2.35. The molecule has 0 aliphatic carbocycles. The van der Waals surface area contributed by atoms with Gasteiger partial charge < -0.3 is 20.7 Å². The van der Waals surface area contributed by atoms with Crippen molar-refractivity contribution < 1.29 is 22.7 Å². The molecule has 0 atom stereocenters. The molecule has 2 aliphatic rings. The fourth-order valence-electron chi connectivity index (χ4n) is 3.41. The van der Waals surface area contributed by atoms with Gasteiger partial charge in [0.15, 0.2) is 0 Å². The molecule has 154 valence electrons. The van der Waals surface area contributed by atoms with E-state index in [1.165, 1.54) is 0 Å². The second kappa shape index (κ2) is 7.86. The Balaban J connectivity index is 1.53. The minimum absolute atomic E-state index is 0.0460. The van der Waals surface area contributed by atoms with Crippen molar-refractivity contribution in [1.29, 1.82) is 0 Å². The number of carbonyl (C=O) groups is 1. The lowest BCUT2D eigenvalue weighted by atomic mass is 10.0. The lowest BCUT2D eigenvalue weighted by molar-refractivity contribution is -0.137. The van der Waals surface area contributed by atoms with E-state index in [-0.39, 0.29) is 30.0 Å². The number of fused-ring (bicyclic) bond motifs is 1. The number of benzene rings is 1.